The number of carbonyl (C=O) groups is 1. The Balaban J connectivity index is 1.20. The van der Waals surface area contributed by atoms with E-state index < -0.39 is 0 Å². The van der Waals surface area contributed by atoms with Gasteiger partial charge in [-0.2, -0.15) is 0 Å². The lowest BCUT2D eigenvalue weighted by molar-refractivity contribution is 0.0702. The SMILES string of the molecule is O=C(c1ccccc1OC1CCN(Cc2ccccc2-c2ccco2)CC1)N1CCCCC1. The molecule has 2 fully saturated rings. The number of para-hydroxylation sites is 1. The largest absolute Gasteiger partial charge is 0.489 e. The Morgan fingerprint density at radius 1 is 0.879 bits per heavy atom. The molecule has 2 saturated heterocycles. The fourth-order valence-electron chi connectivity index (χ4n) is 4.95. The molecule has 172 valence electrons. The van der Waals surface area contributed by atoms with Gasteiger partial charge in [-0.05, 0) is 61.9 Å². The van der Waals surface area contributed by atoms with Crippen molar-refractivity contribution in [1.29, 1.82) is 0 Å². The third-order valence-electron chi connectivity index (χ3n) is 6.79. The molecular formula is C28H32N2O3. The minimum atomic E-state index is 0.109. The second-order valence-corrected chi connectivity index (χ2v) is 9.08. The summed E-state index contributed by atoms with van der Waals surface area (Å²) in [5, 5.41) is 0. The number of nitrogens with zero attached hydrogens (tertiary/aromatic N) is 2. The molecule has 0 radical (unpaired) electrons. The number of hydrogen-bond donors (Lipinski definition) is 0. The van der Waals surface area contributed by atoms with Gasteiger partial charge in [0.2, 0.25) is 0 Å². The van der Waals surface area contributed by atoms with Crippen LogP contribution in [0.4, 0.5) is 0 Å². The summed E-state index contributed by atoms with van der Waals surface area (Å²) in [4.78, 5) is 17.5. The Bertz CT molecular complexity index is 1050. The van der Waals surface area contributed by atoms with Crippen molar-refractivity contribution in [2.24, 2.45) is 0 Å². The van der Waals surface area contributed by atoms with Gasteiger partial charge in [-0.25, -0.2) is 0 Å². The minimum Gasteiger partial charge on any atom is -0.489 e. The Kier molecular flexibility index (Phi) is 6.77. The fraction of sp³-hybridized carbons (Fsp3) is 0.393. The van der Waals surface area contributed by atoms with E-state index in [9.17, 15) is 4.79 Å². The highest BCUT2D eigenvalue weighted by Crippen LogP contribution is 2.28. The van der Waals surface area contributed by atoms with Crippen LogP contribution in [0.1, 0.15) is 48.0 Å². The smallest absolute Gasteiger partial charge is 0.257 e. The Morgan fingerprint density at radius 3 is 2.42 bits per heavy atom. The molecule has 5 heteroatoms. The van der Waals surface area contributed by atoms with Crippen LogP contribution in [0.3, 0.4) is 0 Å². The topological polar surface area (TPSA) is 45.9 Å². The summed E-state index contributed by atoms with van der Waals surface area (Å²) in [6.45, 7) is 4.54. The molecule has 0 saturated carbocycles. The molecule has 1 amide bonds. The number of amides is 1. The molecule has 0 atom stereocenters. The lowest BCUT2D eigenvalue weighted by Gasteiger charge is -2.33. The van der Waals surface area contributed by atoms with Gasteiger partial charge in [0.15, 0.2) is 0 Å². The summed E-state index contributed by atoms with van der Waals surface area (Å²) in [5.74, 6) is 1.76. The van der Waals surface area contributed by atoms with Crippen LogP contribution in [-0.2, 0) is 6.54 Å². The van der Waals surface area contributed by atoms with Gasteiger partial charge in [0, 0.05) is 38.3 Å². The number of benzene rings is 2. The highest BCUT2D eigenvalue weighted by molar-refractivity contribution is 5.97. The normalized spacial score (nSPS) is 17.8. The van der Waals surface area contributed by atoms with Crippen molar-refractivity contribution in [3.05, 3.63) is 78.1 Å². The maximum atomic E-state index is 13.1. The monoisotopic (exact) mass is 444 g/mol. The van der Waals surface area contributed by atoms with Crippen LogP contribution >= 0.6 is 0 Å². The summed E-state index contributed by atoms with van der Waals surface area (Å²) >= 11 is 0. The van der Waals surface area contributed by atoms with E-state index in [0.29, 0.717) is 5.56 Å². The van der Waals surface area contributed by atoms with E-state index in [1.54, 1.807) is 6.26 Å². The van der Waals surface area contributed by atoms with Crippen LogP contribution in [-0.4, -0.2) is 48.0 Å². The van der Waals surface area contributed by atoms with E-state index in [1.165, 1.54) is 12.0 Å². The molecule has 5 nitrogen and oxygen atoms in total. The molecule has 3 heterocycles. The van der Waals surface area contributed by atoms with E-state index in [4.69, 9.17) is 9.15 Å². The van der Waals surface area contributed by atoms with Gasteiger partial charge in [-0.3, -0.25) is 9.69 Å². The van der Waals surface area contributed by atoms with Crippen molar-refractivity contribution in [1.82, 2.24) is 9.80 Å². The first-order valence-corrected chi connectivity index (χ1v) is 12.2. The van der Waals surface area contributed by atoms with Crippen LogP contribution in [0.15, 0.2) is 71.3 Å². The zero-order chi connectivity index (χ0) is 22.5. The molecule has 2 aliphatic heterocycles. The molecule has 2 aliphatic rings. The van der Waals surface area contributed by atoms with Crippen LogP contribution in [0.5, 0.6) is 5.75 Å². The molecule has 0 aliphatic carbocycles. The highest BCUT2D eigenvalue weighted by Gasteiger charge is 2.25. The predicted octanol–water partition coefficient (Wildman–Crippen LogP) is 5.62. The fourth-order valence-corrected chi connectivity index (χ4v) is 4.95. The maximum absolute atomic E-state index is 13.1. The number of hydrogen-bond acceptors (Lipinski definition) is 4. The van der Waals surface area contributed by atoms with Crippen LogP contribution < -0.4 is 4.74 Å². The van der Waals surface area contributed by atoms with E-state index >= 15 is 0 Å². The molecule has 0 unspecified atom stereocenters. The lowest BCUT2D eigenvalue weighted by atomic mass is 10.0. The van der Waals surface area contributed by atoms with Crippen molar-refractivity contribution in [2.45, 2.75) is 44.8 Å². The number of likely N-dealkylation sites (tertiary alicyclic amines) is 2. The maximum Gasteiger partial charge on any atom is 0.257 e. The first kappa shape index (κ1) is 21.8. The van der Waals surface area contributed by atoms with Gasteiger partial charge in [-0.1, -0.05) is 36.4 Å². The second-order valence-electron chi connectivity index (χ2n) is 9.08. The van der Waals surface area contributed by atoms with Crippen molar-refractivity contribution in [3.63, 3.8) is 0 Å². The Morgan fingerprint density at radius 2 is 1.64 bits per heavy atom. The van der Waals surface area contributed by atoms with Crippen molar-refractivity contribution < 1.29 is 13.9 Å². The first-order valence-electron chi connectivity index (χ1n) is 12.2. The summed E-state index contributed by atoms with van der Waals surface area (Å²) in [7, 11) is 0. The molecule has 3 aromatic rings. The van der Waals surface area contributed by atoms with Gasteiger partial charge in [0.05, 0.1) is 11.8 Å². The van der Waals surface area contributed by atoms with Crippen molar-refractivity contribution in [2.75, 3.05) is 26.2 Å². The van der Waals surface area contributed by atoms with Crippen LogP contribution in [0.25, 0.3) is 11.3 Å². The van der Waals surface area contributed by atoms with Gasteiger partial charge >= 0.3 is 0 Å². The third-order valence-corrected chi connectivity index (χ3v) is 6.79. The van der Waals surface area contributed by atoms with Gasteiger partial charge in [0.1, 0.15) is 17.6 Å². The zero-order valence-electron chi connectivity index (χ0n) is 19.1. The first-order chi connectivity index (χ1) is 16.3. The number of carbonyl (C=O) groups excluding carboxylic acids is 1. The minimum absolute atomic E-state index is 0.109. The number of rotatable bonds is 6. The van der Waals surface area contributed by atoms with Crippen LogP contribution in [0, 0.1) is 0 Å². The Hall–Kier alpha value is -3.05. The molecule has 33 heavy (non-hydrogen) atoms. The number of ether oxygens (including phenoxy) is 1. The van der Waals surface area contributed by atoms with E-state index in [2.05, 4.69) is 29.2 Å². The molecule has 0 bridgehead atoms. The molecule has 1 aromatic heterocycles. The number of furan rings is 1. The summed E-state index contributed by atoms with van der Waals surface area (Å²) < 4.78 is 12.0. The standard InChI is InChI=1S/C28H32N2O3/c31-28(30-16-6-1-7-17-30)25-11-4-5-12-27(25)33-23-14-18-29(19-15-23)21-22-9-2-3-10-24(22)26-13-8-20-32-26/h2-5,8-13,20,23H,1,6-7,14-19,21H2. The van der Waals surface area contributed by atoms with Crippen molar-refractivity contribution >= 4 is 5.91 Å². The lowest BCUT2D eigenvalue weighted by Crippen LogP contribution is -2.38. The van der Waals surface area contributed by atoms with Gasteiger partial charge in [0.25, 0.3) is 5.91 Å². The summed E-state index contributed by atoms with van der Waals surface area (Å²) in [6.07, 6.45) is 7.17. The highest BCUT2D eigenvalue weighted by atomic mass is 16.5. The number of piperidine rings is 2. The molecular weight excluding hydrogens is 412 g/mol. The molecule has 0 N–H and O–H groups in total. The third kappa shape index (κ3) is 5.14. The van der Waals surface area contributed by atoms with E-state index in [1.807, 2.05) is 41.3 Å². The van der Waals surface area contributed by atoms with Crippen LogP contribution in [0.2, 0.25) is 0 Å². The van der Waals surface area contributed by atoms with Crippen molar-refractivity contribution in [3.8, 4) is 17.1 Å². The Labute approximate surface area is 196 Å². The molecule has 2 aromatic carbocycles. The van der Waals surface area contributed by atoms with E-state index in [0.717, 1.165) is 75.5 Å². The van der Waals surface area contributed by atoms with Gasteiger partial charge in [-0.15, -0.1) is 0 Å². The molecule has 5 rings (SSSR count). The quantitative estimate of drug-likeness (QED) is 0.495. The predicted molar refractivity (Wildman–Crippen MR) is 129 cm³/mol. The average molecular weight is 445 g/mol. The summed E-state index contributed by atoms with van der Waals surface area (Å²) in [6, 6.07) is 20.2. The van der Waals surface area contributed by atoms with Gasteiger partial charge < -0.3 is 14.1 Å². The van der Waals surface area contributed by atoms with E-state index in [-0.39, 0.29) is 12.0 Å². The summed E-state index contributed by atoms with van der Waals surface area (Å²) in [5.41, 5.74) is 3.14. The molecule has 0 spiro atoms. The second kappa shape index (κ2) is 10.3. The average Bonchev–Trinajstić information content (AvgIpc) is 3.41. The zero-order valence-corrected chi connectivity index (χ0v) is 19.1.